The minimum absolute atomic E-state index is 0.395. The molecule has 0 saturated carbocycles. The van der Waals surface area contributed by atoms with E-state index in [0.29, 0.717) is 11.0 Å². The van der Waals surface area contributed by atoms with Crippen LogP contribution in [0.3, 0.4) is 0 Å². The number of carbonyl (C=O) groups excluding carboxylic acids is 1. The van der Waals surface area contributed by atoms with Crippen LogP contribution in [0.15, 0.2) is 12.7 Å². The molecule has 0 radical (unpaired) electrons. The van der Waals surface area contributed by atoms with Crippen molar-refractivity contribution in [3.05, 3.63) is 12.7 Å². The minimum atomic E-state index is 0.395. The van der Waals surface area contributed by atoms with Crippen LogP contribution in [-0.2, 0) is 4.79 Å². The summed E-state index contributed by atoms with van der Waals surface area (Å²) >= 11 is 1.75. The molecule has 0 spiro atoms. The van der Waals surface area contributed by atoms with Gasteiger partial charge in [0.05, 0.1) is 5.75 Å². The Morgan fingerprint density at radius 3 is 3.11 bits per heavy atom. The third-order valence-corrected chi connectivity index (χ3v) is 2.68. The molecule has 0 aromatic carbocycles. The van der Waals surface area contributed by atoms with Crippen molar-refractivity contribution in [3.63, 3.8) is 0 Å². The summed E-state index contributed by atoms with van der Waals surface area (Å²) in [6, 6.07) is 0. The fourth-order valence-corrected chi connectivity index (χ4v) is 2.04. The Labute approximate surface area is 59.5 Å². The highest BCUT2D eigenvalue weighted by molar-refractivity contribution is 8.01. The second-order valence-electron chi connectivity index (χ2n) is 2.20. The Balaban J connectivity index is 2.29. The van der Waals surface area contributed by atoms with Crippen molar-refractivity contribution in [3.8, 4) is 0 Å². The predicted molar refractivity (Wildman–Crippen MR) is 40.7 cm³/mol. The van der Waals surface area contributed by atoms with E-state index in [1.54, 1.807) is 11.8 Å². The number of carbonyl (C=O) groups is 1. The monoisotopic (exact) mass is 142 g/mol. The maximum absolute atomic E-state index is 10.7. The van der Waals surface area contributed by atoms with Gasteiger partial charge in [0.1, 0.15) is 5.78 Å². The smallest absolute Gasteiger partial charge is 0.143 e. The van der Waals surface area contributed by atoms with E-state index in [0.717, 1.165) is 18.6 Å². The van der Waals surface area contributed by atoms with Crippen LogP contribution in [0.2, 0.25) is 0 Å². The molecule has 0 amide bonds. The van der Waals surface area contributed by atoms with Crippen LogP contribution >= 0.6 is 11.8 Å². The number of Topliss-reactive ketones (excluding diaryl/α,β-unsaturated/α-hetero) is 1. The van der Waals surface area contributed by atoms with Crippen molar-refractivity contribution in [2.75, 3.05) is 5.75 Å². The van der Waals surface area contributed by atoms with Gasteiger partial charge in [0.25, 0.3) is 0 Å². The van der Waals surface area contributed by atoms with Crippen molar-refractivity contribution in [2.45, 2.75) is 18.1 Å². The average molecular weight is 142 g/mol. The third kappa shape index (κ3) is 1.86. The van der Waals surface area contributed by atoms with E-state index in [4.69, 9.17) is 0 Å². The van der Waals surface area contributed by atoms with Crippen LogP contribution in [-0.4, -0.2) is 16.8 Å². The lowest BCUT2D eigenvalue weighted by Gasteiger charge is -1.99. The summed E-state index contributed by atoms with van der Waals surface area (Å²) in [4.78, 5) is 10.7. The van der Waals surface area contributed by atoms with Crippen LogP contribution in [0.4, 0.5) is 0 Å². The largest absolute Gasteiger partial charge is 0.299 e. The summed E-state index contributed by atoms with van der Waals surface area (Å²) in [6.45, 7) is 3.62. The molecule has 0 aliphatic carbocycles. The molecule has 0 N–H and O–H groups in total. The lowest BCUT2D eigenvalue weighted by Crippen LogP contribution is -1.97. The Kier molecular flexibility index (Phi) is 2.34. The van der Waals surface area contributed by atoms with Crippen LogP contribution in [0, 0.1) is 0 Å². The van der Waals surface area contributed by atoms with Crippen molar-refractivity contribution < 1.29 is 4.79 Å². The Morgan fingerprint density at radius 2 is 2.67 bits per heavy atom. The number of rotatable bonds is 2. The van der Waals surface area contributed by atoms with E-state index in [1.807, 2.05) is 6.08 Å². The van der Waals surface area contributed by atoms with Gasteiger partial charge in [0.2, 0.25) is 0 Å². The van der Waals surface area contributed by atoms with E-state index in [9.17, 15) is 4.79 Å². The summed E-state index contributed by atoms with van der Waals surface area (Å²) in [5, 5.41) is 0.537. The molecular formula is C7H10OS. The zero-order valence-corrected chi connectivity index (χ0v) is 6.12. The number of thioether (sulfide) groups is 1. The molecule has 2 heteroatoms. The van der Waals surface area contributed by atoms with Gasteiger partial charge < -0.3 is 0 Å². The van der Waals surface area contributed by atoms with Gasteiger partial charge >= 0.3 is 0 Å². The van der Waals surface area contributed by atoms with Gasteiger partial charge in [-0.25, -0.2) is 0 Å². The normalized spacial score (nSPS) is 26.7. The van der Waals surface area contributed by atoms with Gasteiger partial charge in [-0.05, 0) is 6.42 Å². The van der Waals surface area contributed by atoms with Crippen LogP contribution in [0.25, 0.3) is 0 Å². The molecule has 1 aliphatic rings. The molecule has 1 rings (SSSR count). The number of hydrogen-bond donors (Lipinski definition) is 0. The van der Waals surface area contributed by atoms with Crippen molar-refractivity contribution in [1.29, 1.82) is 0 Å². The first kappa shape index (κ1) is 6.87. The second kappa shape index (κ2) is 3.06. The summed E-state index contributed by atoms with van der Waals surface area (Å²) in [5.41, 5.74) is 0. The van der Waals surface area contributed by atoms with Crippen molar-refractivity contribution >= 4 is 17.5 Å². The Morgan fingerprint density at radius 1 is 1.89 bits per heavy atom. The highest BCUT2D eigenvalue weighted by atomic mass is 32.2. The summed E-state index contributed by atoms with van der Waals surface area (Å²) in [6.07, 6.45) is 3.63. The maximum atomic E-state index is 10.7. The van der Waals surface area contributed by atoms with Crippen LogP contribution < -0.4 is 0 Å². The van der Waals surface area contributed by atoms with E-state index < -0.39 is 0 Å². The first-order valence-electron chi connectivity index (χ1n) is 3.07. The molecule has 1 atom stereocenters. The SMILES string of the molecule is C=CCC1CC(=O)CS1. The maximum Gasteiger partial charge on any atom is 0.143 e. The minimum Gasteiger partial charge on any atom is -0.299 e. The third-order valence-electron chi connectivity index (χ3n) is 1.36. The Hall–Kier alpha value is -0.240. The molecule has 0 aromatic rings. The highest BCUT2D eigenvalue weighted by Crippen LogP contribution is 2.26. The lowest BCUT2D eigenvalue weighted by molar-refractivity contribution is -0.116. The molecule has 9 heavy (non-hydrogen) atoms. The predicted octanol–water partition coefficient (Wildman–Crippen LogP) is 1.64. The fraction of sp³-hybridized carbons (Fsp3) is 0.571. The molecule has 1 unspecified atom stereocenters. The molecule has 1 saturated heterocycles. The molecule has 0 aromatic heterocycles. The topological polar surface area (TPSA) is 17.1 Å². The van der Waals surface area contributed by atoms with E-state index in [-0.39, 0.29) is 0 Å². The first-order chi connectivity index (χ1) is 4.33. The molecular weight excluding hydrogens is 132 g/mol. The summed E-state index contributed by atoms with van der Waals surface area (Å²) in [7, 11) is 0. The van der Waals surface area contributed by atoms with Crippen molar-refractivity contribution in [1.82, 2.24) is 0 Å². The van der Waals surface area contributed by atoms with Gasteiger partial charge in [-0.2, -0.15) is 0 Å². The van der Waals surface area contributed by atoms with Gasteiger partial charge in [0.15, 0.2) is 0 Å². The average Bonchev–Trinajstić information content (AvgIpc) is 2.17. The van der Waals surface area contributed by atoms with Crippen molar-refractivity contribution in [2.24, 2.45) is 0 Å². The number of hydrogen-bond acceptors (Lipinski definition) is 2. The van der Waals surface area contributed by atoms with E-state index >= 15 is 0 Å². The van der Waals surface area contributed by atoms with Crippen LogP contribution in [0.5, 0.6) is 0 Å². The van der Waals surface area contributed by atoms with E-state index in [1.165, 1.54) is 0 Å². The molecule has 50 valence electrons. The number of allylic oxidation sites excluding steroid dienone is 1. The summed E-state index contributed by atoms with van der Waals surface area (Å²) in [5.74, 6) is 1.12. The lowest BCUT2D eigenvalue weighted by atomic mass is 10.2. The molecule has 1 fully saturated rings. The molecule has 1 nitrogen and oxygen atoms in total. The standard InChI is InChI=1S/C7H10OS/c1-2-3-7-4-6(8)5-9-7/h2,7H,1,3-5H2. The Bertz CT molecular complexity index is 131. The van der Waals surface area contributed by atoms with Crippen LogP contribution in [0.1, 0.15) is 12.8 Å². The van der Waals surface area contributed by atoms with Gasteiger partial charge in [-0.15, -0.1) is 18.3 Å². The quantitative estimate of drug-likeness (QED) is 0.545. The fourth-order valence-electron chi connectivity index (χ4n) is 0.920. The zero-order valence-electron chi connectivity index (χ0n) is 5.30. The molecule has 1 aliphatic heterocycles. The second-order valence-corrected chi connectivity index (χ2v) is 3.49. The highest BCUT2D eigenvalue weighted by Gasteiger charge is 2.20. The van der Waals surface area contributed by atoms with E-state index in [2.05, 4.69) is 6.58 Å². The zero-order chi connectivity index (χ0) is 6.69. The van der Waals surface area contributed by atoms with Gasteiger partial charge in [-0.1, -0.05) is 6.08 Å². The first-order valence-corrected chi connectivity index (χ1v) is 4.12. The van der Waals surface area contributed by atoms with Gasteiger partial charge in [-0.3, -0.25) is 4.79 Å². The molecule has 0 bridgehead atoms. The molecule has 1 heterocycles. The number of ketones is 1. The van der Waals surface area contributed by atoms with Gasteiger partial charge in [0, 0.05) is 11.7 Å². The summed E-state index contributed by atoms with van der Waals surface area (Å²) < 4.78 is 0.